The summed E-state index contributed by atoms with van der Waals surface area (Å²) in [4.78, 5) is 0.462. The molecule has 0 aliphatic heterocycles. The van der Waals surface area contributed by atoms with Crippen molar-refractivity contribution in [3.63, 3.8) is 0 Å². The van der Waals surface area contributed by atoms with Crippen molar-refractivity contribution in [2.24, 2.45) is 0 Å². The SMILES string of the molecule is CCCCCCCCCS(=O)(=O)c1ccc(C)cc1. The van der Waals surface area contributed by atoms with E-state index in [1.807, 2.05) is 19.1 Å². The minimum absolute atomic E-state index is 0.282. The Hall–Kier alpha value is -0.830. The molecule has 0 N–H and O–H groups in total. The van der Waals surface area contributed by atoms with Gasteiger partial charge in [0.1, 0.15) is 0 Å². The summed E-state index contributed by atoms with van der Waals surface area (Å²) >= 11 is 0. The number of unbranched alkanes of at least 4 members (excludes halogenated alkanes) is 6. The lowest BCUT2D eigenvalue weighted by atomic mass is 10.1. The summed E-state index contributed by atoms with van der Waals surface area (Å²) in [5.74, 6) is 0.282. The van der Waals surface area contributed by atoms with Gasteiger partial charge in [0.15, 0.2) is 9.84 Å². The van der Waals surface area contributed by atoms with Crippen LogP contribution in [0.4, 0.5) is 0 Å². The normalized spacial score (nSPS) is 11.7. The smallest absolute Gasteiger partial charge is 0.178 e. The van der Waals surface area contributed by atoms with E-state index in [-0.39, 0.29) is 5.75 Å². The second kappa shape index (κ2) is 8.36. The predicted octanol–water partition coefficient (Wildman–Crippen LogP) is 4.52. The number of sulfone groups is 1. The van der Waals surface area contributed by atoms with Crippen molar-refractivity contribution in [1.82, 2.24) is 0 Å². The monoisotopic (exact) mass is 282 g/mol. The third-order valence-corrected chi connectivity index (χ3v) is 5.21. The molecule has 1 rings (SSSR count). The van der Waals surface area contributed by atoms with Gasteiger partial charge in [-0.1, -0.05) is 63.1 Å². The molecule has 0 unspecified atom stereocenters. The first-order valence-corrected chi connectivity index (χ1v) is 9.01. The zero-order valence-corrected chi connectivity index (χ0v) is 13.0. The van der Waals surface area contributed by atoms with E-state index in [2.05, 4.69) is 6.92 Å². The van der Waals surface area contributed by atoms with Crippen LogP contribution in [0.3, 0.4) is 0 Å². The molecule has 0 aromatic heterocycles. The van der Waals surface area contributed by atoms with Crippen molar-refractivity contribution in [3.8, 4) is 0 Å². The first-order chi connectivity index (χ1) is 9.06. The molecule has 0 saturated carbocycles. The number of hydrogen-bond acceptors (Lipinski definition) is 2. The molecule has 0 aliphatic carbocycles. The van der Waals surface area contributed by atoms with E-state index in [1.54, 1.807) is 12.1 Å². The summed E-state index contributed by atoms with van der Waals surface area (Å²) in [6, 6.07) is 7.15. The van der Waals surface area contributed by atoms with E-state index < -0.39 is 9.84 Å². The Morgan fingerprint density at radius 2 is 1.37 bits per heavy atom. The van der Waals surface area contributed by atoms with Gasteiger partial charge in [-0.3, -0.25) is 0 Å². The fraction of sp³-hybridized carbons (Fsp3) is 0.625. The largest absolute Gasteiger partial charge is 0.224 e. The van der Waals surface area contributed by atoms with Gasteiger partial charge < -0.3 is 0 Å². The van der Waals surface area contributed by atoms with E-state index in [0.29, 0.717) is 4.90 Å². The fourth-order valence-electron chi connectivity index (χ4n) is 2.11. The molecule has 0 amide bonds. The highest BCUT2D eigenvalue weighted by molar-refractivity contribution is 7.91. The number of hydrogen-bond donors (Lipinski definition) is 0. The molecule has 19 heavy (non-hydrogen) atoms. The van der Waals surface area contributed by atoms with Crippen LogP contribution >= 0.6 is 0 Å². The van der Waals surface area contributed by atoms with Crippen LogP contribution in [0.2, 0.25) is 0 Å². The third-order valence-electron chi connectivity index (χ3n) is 3.40. The summed E-state index contributed by atoms with van der Waals surface area (Å²) in [6.45, 7) is 4.17. The maximum absolute atomic E-state index is 12.1. The van der Waals surface area contributed by atoms with E-state index >= 15 is 0 Å². The van der Waals surface area contributed by atoms with Crippen molar-refractivity contribution in [1.29, 1.82) is 0 Å². The second-order valence-electron chi connectivity index (χ2n) is 5.25. The Morgan fingerprint density at radius 1 is 0.842 bits per heavy atom. The zero-order chi connectivity index (χ0) is 14.1. The molecular weight excluding hydrogens is 256 g/mol. The average Bonchev–Trinajstić information content (AvgIpc) is 2.38. The van der Waals surface area contributed by atoms with Gasteiger partial charge in [0.2, 0.25) is 0 Å². The average molecular weight is 282 g/mol. The molecule has 3 heteroatoms. The van der Waals surface area contributed by atoms with Gasteiger partial charge in [-0.2, -0.15) is 0 Å². The molecule has 1 aromatic carbocycles. The summed E-state index contributed by atoms with van der Waals surface area (Å²) in [5.41, 5.74) is 1.09. The minimum atomic E-state index is -3.07. The lowest BCUT2D eigenvalue weighted by Crippen LogP contribution is -2.06. The molecule has 108 valence electrons. The number of benzene rings is 1. The first-order valence-electron chi connectivity index (χ1n) is 7.35. The Balaban J connectivity index is 2.29. The second-order valence-corrected chi connectivity index (χ2v) is 7.36. The molecule has 0 heterocycles. The van der Waals surface area contributed by atoms with E-state index in [4.69, 9.17) is 0 Å². The van der Waals surface area contributed by atoms with Crippen LogP contribution in [0.15, 0.2) is 29.2 Å². The van der Waals surface area contributed by atoms with Gasteiger partial charge in [0, 0.05) is 0 Å². The van der Waals surface area contributed by atoms with Crippen LogP contribution in [-0.4, -0.2) is 14.2 Å². The van der Waals surface area contributed by atoms with Crippen LogP contribution in [0.1, 0.15) is 57.4 Å². The van der Waals surface area contributed by atoms with Gasteiger partial charge in [0.05, 0.1) is 10.6 Å². The quantitative estimate of drug-likeness (QED) is 0.624. The van der Waals surface area contributed by atoms with Crippen LogP contribution in [0, 0.1) is 6.92 Å². The molecule has 0 aliphatic rings. The van der Waals surface area contributed by atoms with Gasteiger partial charge in [-0.15, -0.1) is 0 Å². The van der Waals surface area contributed by atoms with Crippen LogP contribution < -0.4 is 0 Å². The first kappa shape index (κ1) is 16.2. The molecule has 0 radical (unpaired) electrons. The highest BCUT2D eigenvalue weighted by Gasteiger charge is 2.13. The minimum Gasteiger partial charge on any atom is -0.224 e. The maximum atomic E-state index is 12.1. The standard InChI is InChI=1S/C16H26O2S/c1-3-4-5-6-7-8-9-14-19(17,18)16-12-10-15(2)11-13-16/h10-13H,3-9,14H2,1-2H3. The number of aryl methyl sites for hydroxylation is 1. The van der Waals surface area contributed by atoms with Crippen LogP contribution in [0.5, 0.6) is 0 Å². The molecule has 1 aromatic rings. The zero-order valence-electron chi connectivity index (χ0n) is 12.2. The maximum Gasteiger partial charge on any atom is 0.178 e. The Kier molecular flexibility index (Phi) is 7.14. The Labute approximate surface area is 118 Å². The Bertz CT molecular complexity index is 446. The lowest BCUT2D eigenvalue weighted by molar-refractivity contribution is 0.579. The highest BCUT2D eigenvalue weighted by Crippen LogP contribution is 2.15. The van der Waals surface area contributed by atoms with Gasteiger partial charge in [-0.25, -0.2) is 8.42 Å². The molecule has 0 saturated heterocycles. The van der Waals surface area contributed by atoms with E-state index in [1.165, 1.54) is 25.7 Å². The lowest BCUT2D eigenvalue weighted by Gasteiger charge is -2.05. The molecule has 0 atom stereocenters. The highest BCUT2D eigenvalue weighted by atomic mass is 32.2. The summed E-state index contributed by atoms with van der Waals surface area (Å²) in [5, 5.41) is 0. The van der Waals surface area contributed by atoms with Crippen molar-refractivity contribution >= 4 is 9.84 Å². The number of rotatable bonds is 9. The van der Waals surface area contributed by atoms with E-state index in [0.717, 1.165) is 24.8 Å². The van der Waals surface area contributed by atoms with Crippen molar-refractivity contribution in [3.05, 3.63) is 29.8 Å². The molecule has 0 spiro atoms. The van der Waals surface area contributed by atoms with Crippen LogP contribution in [-0.2, 0) is 9.84 Å². The topological polar surface area (TPSA) is 34.1 Å². The summed E-state index contributed by atoms with van der Waals surface area (Å²) < 4.78 is 24.2. The molecule has 0 fully saturated rings. The van der Waals surface area contributed by atoms with E-state index in [9.17, 15) is 8.42 Å². The molecule has 2 nitrogen and oxygen atoms in total. The summed E-state index contributed by atoms with van der Waals surface area (Å²) in [6.07, 6.45) is 8.02. The predicted molar refractivity (Wildman–Crippen MR) is 81.2 cm³/mol. The summed E-state index contributed by atoms with van der Waals surface area (Å²) in [7, 11) is -3.07. The molecule has 0 bridgehead atoms. The Morgan fingerprint density at radius 3 is 1.95 bits per heavy atom. The fourth-order valence-corrected chi connectivity index (χ4v) is 3.48. The van der Waals surface area contributed by atoms with Gasteiger partial charge in [-0.05, 0) is 25.5 Å². The van der Waals surface area contributed by atoms with Crippen molar-refractivity contribution in [2.45, 2.75) is 63.7 Å². The van der Waals surface area contributed by atoms with Crippen molar-refractivity contribution < 1.29 is 8.42 Å². The third kappa shape index (κ3) is 6.24. The van der Waals surface area contributed by atoms with Gasteiger partial charge in [0.25, 0.3) is 0 Å². The van der Waals surface area contributed by atoms with Gasteiger partial charge >= 0.3 is 0 Å². The van der Waals surface area contributed by atoms with Crippen LogP contribution in [0.25, 0.3) is 0 Å². The van der Waals surface area contributed by atoms with Crippen molar-refractivity contribution in [2.75, 3.05) is 5.75 Å². The molecular formula is C16H26O2S.